The Balaban J connectivity index is 2.15. The first kappa shape index (κ1) is 12.7. The number of ether oxygens (including phenoxy) is 3. The third-order valence-corrected chi connectivity index (χ3v) is 2.63. The summed E-state index contributed by atoms with van der Waals surface area (Å²) in [5.74, 6) is 1.51. The summed E-state index contributed by atoms with van der Waals surface area (Å²) in [5, 5.41) is 0. The molecule has 4 heteroatoms. The maximum absolute atomic E-state index is 11.7. The molecule has 18 heavy (non-hydrogen) atoms. The van der Waals surface area contributed by atoms with E-state index in [0.717, 1.165) is 12.8 Å². The van der Waals surface area contributed by atoms with Gasteiger partial charge in [0.1, 0.15) is 5.75 Å². The molecule has 1 aliphatic carbocycles. The van der Waals surface area contributed by atoms with E-state index < -0.39 is 0 Å². The molecule has 0 amide bonds. The molecule has 1 aliphatic rings. The van der Waals surface area contributed by atoms with E-state index in [4.69, 9.17) is 14.2 Å². The zero-order valence-corrected chi connectivity index (χ0v) is 10.9. The summed E-state index contributed by atoms with van der Waals surface area (Å²) in [5.41, 5.74) is 0. The van der Waals surface area contributed by atoms with E-state index in [9.17, 15) is 4.79 Å². The van der Waals surface area contributed by atoms with E-state index in [1.165, 1.54) is 0 Å². The molecule has 0 heterocycles. The van der Waals surface area contributed by atoms with Gasteiger partial charge in [-0.2, -0.15) is 0 Å². The highest BCUT2D eigenvalue weighted by Gasteiger charge is 2.32. The van der Waals surface area contributed by atoms with Gasteiger partial charge < -0.3 is 14.2 Å². The van der Waals surface area contributed by atoms with Gasteiger partial charge in [-0.25, -0.2) is 0 Å². The van der Waals surface area contributed by atoms with Crippen LogP contribution in [-0.4, -0.2) is 19.2 Å². The van der Waals surface area contributed by atoms with Crippen LogP contribution in [0.2, 0.25) is 0 Å². The lowest BCUT2D eigenvalue weighted by Gasteiger charge is -2.13. The number of esters is 1. The molecule has 2 rings (SSSR count). The van der Waals surface area contributed by atoms with Crippen molar-refractivity contribution >= 4 is 5.97 Å². The second-order valence-electron chi connectivity index (χ2n) is 4.67. The Morgan fingerprint density at radius 1 is 1.28 bits per heavy atom. The van der Waals surface area contributed by atoms with Crippen LogP contribution in [0.1, 0.15) is 26.7 Å². The Kier molecular flexibility index (Phi) is 3.75. The number of hydrogen-bond donors (Lipinski definition) is 0. The number of methoxy groups -OCH3 is 1. The minimum absolute atomic E-state index is 0.0596. The molecule has 1 fully saturated rings. The van der Waals surface area contributed by atoms with E-state index in [2.05, 4.69) is 0 Å². The molecule has 4 nitrogen and oxygen atoms in total. The molecule has 0 aromatic heterocycles. The van der Waals surface area contributed by atoms with Crippen LogP contribution in [-0.2, 0) is 4.79 Å². The first-order valence-electron chi connectivity index (χ1n) is 6.16. The van der Waals surface area contributed by atoms with Crippen molar-refractivity contribution in [2.24, 2.45) is 5.92 Å². The zero-order valence-electron chi connectivity index (χ0n) is 10.9. The van der Waals surface area contributed by atoms with Crippen LogP contribution in [0.3, 0.4) is 0 Å². The van der Waals surface area contributed by atoms with Crippen molar-refractivity contribution in [3.05, 3.63) is 18.2 Å². The molecule has 1 saturated carbocycles. The largest absolute Gasteiger partial charge is 0.493 e. The lowest BCUT2D eigenvalue weighted by atomic mass is 10.3. The lowest BCUT2D eigenvalue weighted by molar-refractivity contribution is -0.135. The Morgan fingerprint density at radius 3 is 2.56 bits per heavy atom. The summed E-state index contributed by atoms with van der Waals surface area (Å²) in [4.78, 5) is 11.7. The summed E-state index contributed by atoms with van der Waals surface area (Å²) < 4.78 is 16.1. The molecule has 0 atom stereocenters. The Hall–Kier alpha value is -1.71. The monoisotopic (exact) mass is 250 g/mol. The average molecular weight is 250 g/mol. The van der Waals surface area contributed by atoms with E-state index in [0.29, 0.717) is 17.2 Å². The molecular weight excluding hydrogens is 232 g/mol. The average Bonchev–Trinajstić information content (AvgIpc) is 3.12. The Morgan fingerprint density at radius 2 is 2.00 bits per heavy atom. The smallest absolute Gasteiger partial charge is 0.314 e. The van der Waals surface area contributed by atoms with Gasteiger partial charge in [-0.3, -0.25) is 4.79 Å². The second-order valence-corrected chi connectivity index (χ2v) is 4.67. The van der Waals surface area contributed by atoms with Crippen LogP contribution in [0.15, 0.2) is 18.2 Å². The summed E-state index contributed by atoms with van der Waals surface area (Å²) in [6.45, 7) is 3.89. The molecule has 0 spiro atoms. The molecule has 0 N–H and O–H groups in total. The van der Waals surface area contributed by atoms with Crippen LogP contribution in [0.5, 0.6) is 17.2 Å². The van der Waals surface area contributed by atoms with Gasteiger partial charge >= 0.3 is 5.97 Å². The van der Waals surface area contributed by atoms with Crippen molar-refractivity contribution in [3.8, 4) is 17.2 Å². The summed E-state index contributed by atoms with van der Waals surface area (Å²) in [6.07, 6.45) is 1.91. The van der Waals surface area contributed by atoms with Crippen LogP contribution in [0, 0.1) is 5.92 Å². The van der Waals surface area contributed by atoms with Gasteiger partial charge in [-0.15, -0.1) is 0 Å². The molecule has 0 saturated heterocycles. The van der Waals surface area contributed by atoms with Crippen molar-refractivity contribution in [2.45, 2.75) is 32.8 Å². The molecule has 98 valence electrons. The van der Waals surface area contributed by atoms with Gasteiger partial charge in [0.2, 0.25) is 0 Å². The topological polar surface area (TPSA) is 44.8 Å². The molecule has 0 unspecified atom stereocenters. The highest BCUT2D eigenvalue weighted by atomic mass is 16.6. The number of hydrogen-bond acceptors (Lipinski definition) is 4. The number of carbonyl (C=O) groups is 1. The SMILES string of the molecule is COc1ccc(OC(C)C)cc1OC(=O)C1CC1. The van der Waals surface area contributed by atoms with E-state index in [1.54, 1.807) is 25.3 Å². The highest BCUT2D eigenvalue weighted by Crippen LogP contribution is 2.35. The molecule has 0 aliphatic heterocycles. The van der Waals surface area contributed by atoms with E-state index in [1.807, 2.05) is 13.8 Å². The highest BCUT2D eigenvalue weighted by molar-refractivity contribution is 5.78. The van der Waals surface area contributed by atoms with Gasteiger partial charge in [0.05, 0.1) is 19.1 Å². The molecular formula is C14H18O4. The third kappa shape index (κ3) is 3.15. The second kappa shape index (κ2) is 5.29. The fourth-order valence-electron chi connectivity index (χ4n) is 1.59. The van der Waals surface area contributed by atoms with Crippen LogP contribution < -0.4 is 14.2 Å². The van der Waals surface area contributed by atoms with Gasteiger partial charge in [0.25, 0.3) is 0 Å². The maximum Gasteiger partial charge on any atom is 0.314 e. The molecule has 0 bridgehead atoms. The Labute approximate surface area is 107 Å². The summed E-state index contributed by atoms with van der Waals surface area (Å²) in [6, 6.07) is 5.24. The zero-order chi connectivity index (χ0) is 13.1. The maximum atomic E-state index is 11.7. The predicted octanol–water partition coefficient (Wildman–Crippen LogP) is 2.80. The van der Waals surface area contributed by atoms with Crippen LogP contribution >= 0.6 is 0 Å². The molecule has 1 aromatic rings. The van der Waals surface area contributed by atoms with Crippen molar-refractivity contribution < 1.29 is 19.0 Å². The van der Waals surface area contributed by atoms with Crippen molar-refractivity contribution in [1.29, 1.82) is 0 Å². The minimum atomic E-state index is -0.185. The third-order valence-electron chi connectivity index (χ3n) is 2.63. The van der Waals surface area contributed by atoms with Gasteiger partial charge in [-0.1, -0.05) is 0 Å². The fraction of sp³-hybridized carbons (Fsp3) is 0.500. The first-order chi connectivity index (χ1) is 8.60. The standard InChI is InChI=1S/C14H18O4/c1-9(2)17-11-6-7-12(16-3)13(8-11)18-14(15)10-4-5-10/h6-10H,4-5H2,1-3H3. The van der Waals surface area contributed by atoms with Crippen LogP contribution in [0.25, 0.3) is 0 Å². The number of carbonyl (C=O) groups excluding carboxylic acids is 1. The number of rotatable bonds is 5. The van der Waals surface area contributed by atoms with E-state index in [-0.39, 0.29) is 18.0 Å². The van der Waals surface area contributed by atoms with Crippen molar-refractivity contribution in [3.63, 3.8) is 0 Å². The fourth-order valence-corrected chi connectivity index (χ4v) is 1.59. The summed E-state index contributed by atoms with van der Waals surface area (Å²) >= 11 is 0. The van der Waals surface area contributed by atoms with Crippen LogP contribution in [0.4, 0.5) is 0 Å². The quantitative estimate of drug-likeness (QED) is 0.595. The lowest BCUT2D eigenvalue weighted by Crippen LogP contribution is -2.11. The number of benzene rings is 1. The Bertz CT molecular complexity index is 435. The minimum Gasteiger partial charge on any atom is -0.493 e. The summed E-state index contributed by atoms with van der Waals surface area (Å²) in [7, 11) is 1.55. The first-order valence-corrected chi connectivity index (χ1v) is 6.16. The van der Waals surface area contributed by atoms with Gasteiger partial charge in [-0.05, 0) is 38.8 Å². The van der Waals surface area contributed by atoms with Gasteiger partial charge in [0, 0.05) is 6.07 Å². The molecule has 0 radical (unpaired) electrons. The normalized spacial score (nSPS) is 14.4. The van der Waals surface area contributed by atoms with Gasteiger partial charge in [0.15, 0.2) is 11.5 Å². The van der Waals surface area contributed by atoms with Crippen molar-refractivity contribution in [1.82, 2.24) is 0 Å². The predicted molar refractivity (Wildman–Crippen MR) is 67.1 cm³/mol. The van der Waals surface area contributed by atoms with Crippen molar-refractivity contribution in [2.75, 3.05) is 7.11 Å². The van der Waals surface area contributed by atoms with E-state index >= 15 is 0 Å². The molecule has 1 aromatic carbocycles.